The topological polar surface area (TPSA) is 38.3 Å². The molecule has 1 rings (SSSR count). The highest BCUT2D eigenvalue weighted by molar-refractivity contribution is 9.10. The number of rotatable bonds is 6. The Morgan fingerprint density at radius 2 is 2.28 bits per heavy atom. The molecule has 1 aromatic rings. The molecule has 0 fully saturated rings. The fraction of sp³-hybridized carbons (Fsp3) is 0.417. The molecule has 0 aromatic heterocycles. The van der Waals surface area contributed by atoms with Crippen molar-refractivity contribution in [3.05, 3.63) is 33.3 Å². The van der Waals surface area contributed by atoms with Gasteiger partial charge in [-0.25, -0.2) is 0 Å². The fourth-order valence-corrected chi connectivity index (χ4v) is 2.88. The van der Waals surface area contributed by atoms with Crippen molar-refractivity contribution in [2.75, 3.05) is 19.0 Å². The summed E-state index contributed by atoms with van der Waals surface area (Å²) in [5, 5.41) is 4.33. The lowest BCUT2D eigenvalue weighted by Gasteiger charge is -2.17. The SMILES string of the molecule is COCC(CCBr)NC(=O)c1ccc(Cl)cc1Br. The van der Waals surface area contributed by atoms with Crippen LogP contribution in [0.5, 0.6) is 0 Å². The molecule has 1 atom stereocenters. The first-order chi connectivity index (χ1) is 8.58. The van der Waals surface area contributed by atoms with Gasteiger partial charge in [-0.1, -0.05) is 27.5 Å². The highest BCUT2D eigenvalue weighted by Gasteiger charge is 2.15. The maximum Gasteiger partial charge on any atom is 0.252 e. The first-order valence-corrected chi connectivity index (χ1v) is 7.68. The number of carbonyl (C=O) groups excluding carboxylic acids is 1. The van der Waals surface area contributed by atoms with Crippen LogP contribution in [0.3, 0.4) is 0 Å². The van der Waals surface area contributed by atoms with E-state index in [9.17, 15) is 4.79 Å². The van der Waals surface area contributed by atoms with Gasteiger partial charge in [0.25, 0.3) is 5.91 Å². The predicted molar refractivity (Wildman–Crippen MR) is 80.7 cm³/mol. The van der Waals surface area contributed by atoms with Crippen molar-refractivity contribution >= 4 is 49.4 Å². The van der Waals surface area contributed by atoms with Crippen molar-refractivity contribution < 1.29 is 9.53 Å². The van der Waals surface area contributed by atoms with E-state index in [0.29, 0.717) is 21.7 Å². The van der Waals surface area contributed by atoms with Gasteiger partial charge < -0.3 is 10.1 Å². The van der Waals surface area contributed by atoms with Crippen LogP contribution in [0.1, 0.15) is 16.8 Å². The normalized spacial score (nSPS) is 12.2. The van der Waals surface area contributed by atoms with Gasteiger partial charge in [0, 0.05) is 21.9 Å². The standard InChI is InChI=1S/C12H14Br2ClNO2/c1-18-7-9(4-5-13)16-12(17)10-3-2-8(15)6-11(10)14/h2-3,6,9H,4-5,7H2,1H3,(H,16,17). The number of halogens is 3. The van der Waals surface area contributed by atoms with Crippen molar-refractivity contribution in [1.29, 1.82) is 0 Å². The van der Waals surface area contributed by atoms with Crippen LogP contribution in [-0.2, 0) is 4.74 Å². The Balaban J connectivity index is 2.73. The van der Waals surface area contributed by atoms with Gasteiger partial charge in [0.05, 0.1) is 18.2 Å². The van der Waals surface area contributed by atoms with Crippen LogP contribution in [0.2, 0.25) is 5.02 Å². The molecule has 1 aromatic carbocycles. The summed E-state index contributed by atoms with van der Waals surface area (Å²) in [5.41, 5.74) is 0.565. The van der Waals surface area contributed by atoms with Gasteiger partial charge in [0.15, 0.2) is 0 Å². The van der Waals surface area contributed by atoms with Crippen molar-refractivity contribution in [2.45, 2.75) is 12.5 Å². The number of benzene rings is 1. The summed E-state index contributed by atoms with van der Waals surface area (Å²) < 4.78 is 5.76. The van der Waals surface area contributed by atoms with Crippen LogP contribution >= 0.6 is 43.5 Å². The van der Waals surface area contributed by atoms with Crippen LogP contribution in [0.4, 0.5) is 0 Å². The van der Waals surface area contributed by atoms with Gasteiger partial charge in [-0.3, -0.25) is 4.79 Å². The molecular formula is C12H14Br2ClNO2. The average molecular weight is 400 g/mol. The number of carbonyl (C=O) groups is 1. The second kappa shape index (κ2) is 8.15. The van der Waals surface area contributed by atoms with Crippen LogP contribution < -0.4 is 5.32 Å². The highest BCUT2D eigenvalue weighted by Crippen LogP contribution is 2.21. The van der Waals surface area contributed by atoms with Gasteiger partial charge in [0.1, 0.15) is 0 Å². The molecule has 3 nitrogen and oxygen atoms in total. The van der Waals surface area contributed by atoms with E-state index in [2.05, 4.69) is 37.2 Å². The smallest absolute Gasteiger partial charge is 0.252 e. The Bertz CT molecular complexity index is 409. The molecule has 0 saturated heterocycles. The lowest BCUT2D eigenvalue weighted by atomic mass is 10.2. The molecule has 18 heavy (non-hydrogen) atoms. The molecule has 0 bridgehead atoms. The van der Waals surface area contributed by atoms with Crippen molar-refractivity contribution in [2.24, 2.45) is 0 Å². The number of hydrogen-bond acceptors (Lipinski definition) is 2. The quantitative estimate of drug-likeness (QED) is 0.742. The maximum atomic E-state index is 12.1. The van der Waals surface area contributed by atoms with E-state index in [1.807, 2.05) is 0 Å². The monoisotopic (exact) mass is 397 g/mol. The summed E-state index contributed by atoms with van der Waals surface area (Å²) in [4.78, 5) is 12.1. The summed E-state index contributed by atoms with van der Waals surface area (Å²) >= 11 is 12.5. The number of amides is 1. The first kappa shape index (κ1) is 16.0. The third kappa shape index (κ3) is 4.88. The summed E-state index contributed by atoms with van der Waals surface area (Å²) in [7, 11) is 1.62. The lowest BCUT2D eigenvalue weighted by Crippen LogP contribution is -2.38. The summed E-state index contributed by atoms with van der Waals surface area (Å²) in [5.74, 6) is -0.137. The third-order valence-electron chi connectivity index (χ3n) is 2.34. The molecule has 0 spiro atoms. The van der Waals surface area contributed by atoms with Gasteiger partial charge in [-0.05, 0) is 40.5 Å². The Morgan fingerprint density at radius 1 is 1.56 bits per heavy atom. The Kier molecular flexibility index (Phi) is 7.22. The van der Waals surface area contributed by atoms with Crippen molar-refractivity contribution in [3.8, 4) is 0 Å². The summed E-state index contributed by atoms with van der Waals surface area (Å²) in [6.07, 6.45) is 0.810. The zero-order valence-electron chi connectivity index (χ0n) is 9.88. The molecule has 1 amide bonds. The second-order valence-electron chi connectivity index (χ2n) is 3.73. The van der Waals surface area contributed by atoms with Crippen LogP contribution in [0, 0.1) is 0 Å². The molecule has 1 unspecified atom stereocenters. The number of ether oxygens (including phenoxy) is 1. The van der Waals surface area contributed by atoms with Gasteiger partial charge in [-0.2, -0.15) is 0 Å². The molecule has 1 N–H and O–H groups in total. The zero-order valence-corrected chi connectivity index (χ0v) is 13.8. The molecule has 0 aliphatic heterocycles. The average Bonchev–Trinajstić information content (AvgIpc) is 2.29. The van der Waals surface area contributed by atoms with Gasteiger partial charge in [-0.15, -0.1) is 0 Å². The lowest BCUT2D eigenvalue weighted by molar-refractivity contribution is 0.0894. The molecule has 0 radical (unpaired) electrons. The Labute approximate surface area is 128 Å². The van der Waals surface area contributed by atoms with E-state index in [1.54, 1.807) is 25.3 Å². The van der Waals surface area contributed by atoms with Gasteiger partial charge in [0.2, 0.25) is 0 Å². The van der Waals surface area contributed by atoms with Crippen molar-refractivity contribution in [3.63, 3.8) is 0 Å². The Hall–Kier alpha value is -0.100. The predicted octanol–water partition coefficient (Wildman–Crippen LogP) is 3.63. The van der Waals surface area contributed by atoms with E-state index in [0.717, 1.165) is 11.8 Å². The molecule has 0 saturated carbocycles. The Morgan fingerprint density at radius 3 is 2.83 bits per heavy atom. The minimum Gasteiger partial charge on any atom is -0.383 e. The minimum absolute atomic E-state index is 0.00977. The van der Waals surface area contributed by atoms with Crippen LogP contribution in [0.15, 0.2) is 22.7 Å². The molecular weight excluding hydrogens is 385 g/mol. The molecule has 0 aliphatic rings. The van der Waals surface area contributed by atoms with E-state index in [-0.39, 0.29) is 11.9 Å². The number of alkyl halides is 1. The van der Waals surface area contributed by atoms with E-state index < -0.39 is 0 Å². The van der Waals surface area contributed by atoms with Crippen molar-refractivity contribution in [1.82, 2.24) is 5.32 Å². The third-order valence-corrected chi connectivity index (χ3v) is 3.69. The number of methoxy groups -OCH3 is 1. The molecule has 0 aliphatic carbocycles. The van der Waals surface area contributed by atoms with E-state index in [4.69, 9.17) is 16.3 Å². The zero-order chi connectivity index (χ0) is 13.5. The molecule has 100 valence electrons. The number of nitrogens with one attached hydrogen (secondary N) is 1. The van der Waals surface area contributed by atoms with Gasteiger partial charge >= 0.3 is 0 Å². The fourth-order valence-electron chi connectivity index (χ4n) is 1.47. The van der Waals surface area contributed by atoms with E-state index >= 15 is 0 Å². The molecule has 0 heterocycles. The highest BCUT2D eigenvalue weighted by atomic mass is 79.9. The molecule has 6 heteroatoms. The first-order valence-electron chi connectivity index (χ1n) is 5.39. The minimum atomic E-state index is -0.137. The maximum absolute atomic E-state index is 12.1. The second-order valence-corrected chi connectivity index (χ2v) is 5.81. The van der Waals surface area contributed by atoms with E-state index in [1.165, 1.54) is 0 Å². The van der Waals surface area contributed by atoms with Crippen LogP contribution in [0.25, 0.3) is 0 Å². The van der Waals surface area contributed by atoms with Crippen LogP contribution in [-0.4, -0.2) is 31.0 Å². The summed E-state index contributed by atoms with van der Waals surface area (Å²) in [6.45, 7) is 0.489. The largest absolute Gasteiger partial charge is 0.383 e. The number of hydrogen-bond donors (Lipinski definition) is 1. The summed E-state index contributed by atoms with van der Waals surface area (Å²) in [6, 6.07) is 5.08.